The van der Waals surface area contributed by atoms with E-state index in [2.05, 4.69) is 36.4 Å². The summed E-state index contributed by atoms with van der Waals surface area (Å²) >= 11 is 0. The summed E-state index contributed by atoms with van der Waals surface area (Å²) in [6.07, 6.45) is 0.0560. The van der Waals surface area contributed by atoms with Gasteiger partial charge in [0.25, 0.3) is 5.91 Å². The van der Waals surface area contributed by atoms with Crippen LogP contribution < -0.4 is 4.74 Å². The molecule has 1 atom stereocenters. The highest BCUT2D eigenvalue weighted by Crippen LogP contribution is 2.27. The van der Waals surface area contributed by atoms with Crippen molar-refractivity contribution in [1.82, 2.24) is 4.90 Å². The number of carbonyl (C=O) groups excluding carboxylic acids is 1. The number of carbonyl (C=O) groups is 1. The van der Waals surface area contributed by atoms with Crippen LogP contribution in [0.4, 0.5) is 0 Å². The van der Waals surface area contributed by atoms with Crippen LogP contribution in [-0.4, -0.2) is 16.9 Å². The van der Waals surface area contributed by atoms with Gasteiger partial charge in [0.1, 0.15) is 5.75 Å². The van der Waals surface area contributed by atoms with Crippen molar-refractivity contribution >= 4 is 16.7 Å². The molecule has 0 saturated heterocycles. The van der Waals surface area contributed by atoms with E-state index in [0.29, 0.717) is 19.5 Å². The van der Waals surface area contributed by atoms with E-state index in [4.69, 9.17) is 4.74 Å². The maximum absolute atomic E-state index is 13.6. The molecule has 0 fully saturated rings. The van der Waals surface area contributed by atoms with Crippen molar-refractivity contribution in [2.75, 3.05) is 0 Å². The maximum Gasteiger partial charge on any atom is 0.264 e. The van der Waals surface area contributed by atoms with Gasteiger partial charge in [0.05, 0.1) is 0 Å². The lowest BCUT2D eigenvalue weighted by molar-refractivity contribution is -0.140. The van der Waals surface area contributed by atoms with Crippen LogP contribution in [0.5, 0.6) is 5.75 Å². The molecular formula is C28H27NO2. The van der Waals surface area contributed by atoms with Gasteiger partial charge in [-0.1, -0.05) is 104 Å². The first-order valence-corrected chi connectivity index (χ1v) is 10.8. The molecule has 156 valence electrons. The van der Waals surface area contributed by atoms with Gasteiger partial charge in [0.2, 0.25) is 0 Å². The van der Waals surface area contributed by atoms with E-state index in [9.17, 15) is 4.79 Å². The fourth-order valence-corrected chi connectivity index (χ4v) is 3.78. The van der Waals surface area contributed by atoms with Crippen LogP contribution in [0.15, 0.2) is 103 Å². The Kier molecular flexibility index (Phi) is 6.63. The van der Waals surface area contributed by atoms with Crippen LogP contribution >= 0.6 is 0 Å². The van der Waals surface area contributed by atoms with Crippen molar-refractivity contribution < 1.29 is 9.53 Å². The van der Waals surface area contributed by atoms with Crippen molar-refractivity contribution in [3.8, 4) is 5.75 Å². The molecule has 0 aliphatic carbocycles. The minimum atomic E-state index is -0.543. The first-order valence-electron chi connectivity index (χ1n) is 10.8. The lowest BCUT2D eigenvalue weighted by atomic mass is 10.1. The van der Waals surface area contributed by atoms with E-state index in [1.807, 2.05) is 78.6 Å². The molecule has 3 heteroatoms. The summed E-state index contributed by atoms with van der Waals surface area (Å²) in [5, 5.41) is 2.13. The lowest BCUT2D eigenvalue weighted by Gasteiger charge is -2.28. The summed E-state index contributed by atoms with van der Waals surface area (Å²) < 4.78 is 6.30. The number of nitrogens with zero attached hydrogens (tertiary/aromatic N) is 1. The second-order valence-electron chi connectivity index (χ2n) is 7.66. The number of fused-ring (bicyclic) bond motifs is 1. The molecular weight excluding hydrogens is 382 g/mol. The van der Waals surface area contributed by atoms with Crippen LogP contribution in [0.2, 0.25) is 0 Å². The van der Waals surface area contributed by atoms with Crippen molar-refractivity contribution in [1.29, 1.82) is 0 Å². The standard InChI is InChI=1S/C28H27NO2/c1-2-26(31-27-19-11-17-24-16-9-10-18-25(24)27)28(30)29(20-22-12-5-3-6-13-22)21-23-14-7-4-8-15-23/h3-19,26H,2,20-21H2,1H3/t26-/m0/s1. The normalized spacial score (nSPS) is 11.8. The fraction of sp³-hybridized carbons (Fsp3) is 0.179. The average molecular weight is 410 g/mol. The van der Waals surface area contributed by atoms with E-state index in [1.165, 1.54) is 0 Å². The second kappa shape index (κ2) is 9.94. The molecule has 4 aromatic rings. The Balaban J connectivity index is 1.60. The smallest absolute Gasteiger partial charge is 0.264 e. The Hall–Kier alpha value is -3.59. The Morgan fingerprint density at radius 3 is 1.90 bits per heavy atom. The van der Waals surface area contributed by atoms with E-state index in [0.717, 1.165) is 27.6 Å². The Labute approximate surface area is 183 Å². The van der Waals surface area contributed by atoms with E-state index in [-0.39, 0.29) is 5.91 Å². The molecule has 0 bridgehead atoms. The highest BCUT2D eigenvalue weighted by molar-refractivity contribution is 5.89. The third-order valence-electron chi connectivity index (χ3n) is 5.41. The molecule has 0 aliphatic heterocycles. The molecule has 4 rings (SSSR count). The van der Waals surface area contributed by atoms with Crippen molar-refractivity contribution in [3.63, 3.8) is 0 Å². The number of hydrogen-bond donors (Lipinski definition) is 0. The van der Waals surface area contributed by atoms with Gasteiger partial charge in [-0.15, -0.1) is 0 Å². The number of ether oxygens (including phenoxy) is 1. The van der Waals surface area contributed by atoms with E-state index >= 15 is 0 Å². The average Bonchev–Trinajstić information content (AvgIpc) is 2.83. The van der Waals surface area contributed by atoms with Crippen LogP contribution in [0.3, 0.4) is 0 Å². The highest BCUT2D eigenvalue weighted by Gasteiger charge is 2.25. The Bertz CT molecular complexity index is 1080. The SMILES string of the molecule is CC[C@H](Oc1cccc2ccccc12)C(=O)N(Cc1ccccc1)Cc1ccccc1. The third-order valence-corrected chi connectivity index (χ3v) is 5.41. The monoisotopic (exact) mass is 409 g/mol. The fourth-order valence-electron chi connectivity index (χ4n) is 3.78. The molecule has 0 radical (unpaired) electrons. The molecule has 0 saturated carbocycles. The summed E-state index contributed by atoms with van der Waals surface area (Å²) in [5.41, 5.74) is 2.21. The summed E-state index contributed by atoms with van der Waals surface area (Å²) in [6, 6.07) is 34.3. The van der Waals surface area contributed by atoms with Crippen molar-refractivity contribution in [3.05, 3.63) is 114 Å². The highest BCUT2D eigenvalue weighted by atomic mass is 16.5. The summed E-state index contributed by atoms with van der Waals surface area (Å²) in [7, 11) is 0. The zero-order valence-corrected chi connectivity index (χ0v) is 17.8. The molecule has 1 amide bonds. The Morgan fingerprint density at radius 1 is 0.742 bits per heavy atom. The number of benzene rings is 4. The minimum absolute atomic E-state index is 0.00291. The van der Waals surface area contributed by atoms with Crippen molar-refractivity contribution in [2.24, 2.45) is 0 Å². The third kappa shape index (κ3) is 5.13. The van der Waals surface area contributed by atoms with Gasteiger partial charge in [0, 0.05) is 18.5 Å². The zero-order chi connectivity index (χ0) is 21.5. The topological polar surface area (TPSA) is 29.5 Å². The minimum Gasteiger partial charge on any atom is -0.480 e. The van der Waals surface area contributed by atoms with Gasteiger partial charge in [-0.25, -0.2) is 0 Å². The molecule has 3 nitrogen and oxygen atoms in total. The van der Waals surface area contributed by atoms with E-state index in [1.54, 1.807) is 0 Å². The molecule has 0 aromatic heterocycles. The molecule has 0 aliphatic rings. The van der Waals surface area contributed by atoms with Crippen molar-refractivity contribution in [2.45, 2.75) is 32.5 Å². The predicted octanol–water partition coefficient (Wildman–Crippen LogP) is 6.23. The maximum atomic E-state index is 13.6. The van der Waals surface area contributed by atoms with Gasteiger partial charge in [-0.05, 0) is 29.0 Å². The van der Waals surface area contributed by atoms with Gasteiger partial charge < -0.3 is 9.64 Å². The number of hydrogen-bond acceptors (Lipinski definition) is 2. The van der Waals surface area contributed by atoms with Gasteiger partial charge in [0.15, 0.2) is 6.10 Å². The largest absolute Gasteiger partial charge is 0.480 e. The molecule has 0 N–H and O–H groups in total. The van der Waals surface area contributed by atoms with Crippen LogP contribution in [-0.2, 0) is 17.9 Å². The Morgan fingerprint density at radius 2 is 1.29 bits per heavy atom. The lowest BCUT2D eigenvalue weighted by Crippen LogP contribution is -2.41. The summed E-state index contributed by atoms with van der Waals surface area (Å²) in [6.45, 7) is 3.09. The summed E-state index contributed by atoms with van der Waals surface area (Å²) in [4.78, 5) is 15.5. The quantitative estimate of drug-likeness (QED) is 0.345. The van der Waals surface area contributed by atoms with Gasteiger partial charge in [-0.2, -0.15) is 0 Å². The number of rotatable bonds is 8. The van der Waals surface area contributed by atoms with Crippen LogP contribution in [0.1, 0.15) is 24.5 Å². The summed E-state index contributed by atoms with van der Waals surface area (Å²) in [5.74, 6) is 0.751. The first kappa shape index (κ1) is 20.7. The molecule has 4 aromatic carbocycles. The molecule has 0 heterocycles. The number of amides is 1. The van der Waals surface area contributed by atoms with Crippen LogP contribution in [0.25, 0.3) is 10.8 Å². The molecule has 0 unspecified atom stereocenters. The molecule has 0 spiro atoms. The van der Waals surface area contributed by atoms with Gasteiger partial charge in [-0.3, -0.25) is 4.79 Å². The first-order chi connectivity index (χ1) is 15.2. The second-order valence-corrected chi connectivity index (χ2v) is 7.66. The zero-order valence-electron chi connectivity index (χ0n) is 17.8. The van der Waals surface area contributed by atoms with Crippen LogP contribution in [0, 0.1) is 0 Å². The van der Waals surface area contributed by atoms with Gasteiger partial charge >= 0.3 is 0 Å². The van der Waals surface area contributed by atoms with E-state index < -0.39 is 6.10 Å². The molecule has 31 heavy (non-hydrogen) atoms. The predicted molar refractivity (Wildman–Crippen MR) is 126 cm³/mol.